The molecule has 23 heavy (non-hydrogen) atoms. The van der Waals surface area contributed by atoms with E-state index >= 15 is 0 Å². The van der Waals surface area contributed by atoms with Gasteiger partial charge in [-0.3, -0.25) is 0 Å². The minimum Gasteiger partial charge on any atom is -0.423 e. The summed E-state index contributed by atoms with van der Waals surface area (Å²) < 4.78 is 0. The molecule has 0 aliphatic heterocycles. The fourth-order valence-corrected chi connectivity index (χ4v) is 2.22. The minimum atomic E-state index is -1.52. The van der Waals surface area contributed by atoms with E-state index in [2.05, 4.69) is 9.98 Å². The van der Waals surface area contributed by atoms with E-state index < -0.39 is 7.12 Å². The second kappa shape index (κ2) is 7.00. The molecule has 0 radical (unpaired) electrons. The predicted molar refractivity (Wildman–Crippen MR) is 92.2 cm³/mol. The van der Waals surface area contributed by atoms with Crippen LogP contribution in [0.25, 0.3) is 0 Å². The first-order valence-electron chi connectivity index (χ1n) is 7.25. The van der Waals surface area contributed by atoms with Crippen LogP contribution in [-0.4, -0.2) is 27.9 Å². The Kier molecular flexibility index (Phi) is 4.61. The summed E-state index contributed by atoms with van der Waals surface area (Å²) in [6.07, 6.45) is 1.41. The molecule has 0 spiro atoms. The van der Waals surface area contributed by atoms with Gasteiger partial charge in [0.2, 0.25) is 0 Å². The normalized spacial score (nSPS) is 10.2. The van der Waals surface area contributed by atoms with E-state index in [1.165, 1.54) is 6.20 Å². The van der Waals surface area contributed by atoms with Gasteiger partial charge in [0.25, 0.3) is 0 Å². The summed E-state index contributed by atoms with van der Waals surface area (Å²) >= 11 is 0. The number of pyridine rings is 1. The molecule has 0 atom stereocenters. The molecule has 0 saturated carbocycles. The number of hydrogen-bond donors (Lipinski definition) is 2. The average molecular weight is 302 g/mol. The maximum Gasteiger partial charge on any atom is 0.490 e. The van der Waals surface area contributed by atoms with Crippen LogP contribution in [0.4, 0.5) is 5.82 Å². The SMILES string of the molecule is OB(O)c1ccc(N=C(c2ccccc2)c2ccccc2)nc1. The molecule has 3 aromatic rings. The van der Waals surface area contributed by atoms with Gasteiger partial charge in [-0.1, -0.05) is 66.7 Å². The lowest BCUT2D eigenvalue weighted by Crippen LogP contribution is -2.29. The molecule has 4 nitrogen and oxygen atoms in total. The molecule has 2 aromatic carbocycles. The van der Waals surface area contributed by atoms with Crippen molar-refractivity contribution in [3.8, 4) is 0 Å². The summed E-state index contributed by atoms with van der Waals surface area (Å²) in [5.74, 6) is 0.511. The summed E-state index contributed by atoms with van der Waals surface area (Å²) in [4.78, 5) is 8.83. The molecule has 0 unspecified atom stereocenters. The third-order valence-corrected chi connectivity index (χ3v) is 3.39. The Balaban J connectivity index is 2.05. The van der Waals surface area contributed by atoms with Crippen LogP contribution >= 0.6 is 0 Å². The standard InChI is InChI=1S/C18H15BN2O2/c22-19(23)16-11-12-17(20-13-16)21-18(14-7-3-1-4-8-14)15-9-5-2-6-10-15/h1-13,22-23H. The van der Waals surface area contributed by atoms with Gasteiger partial charge in [-0.25, -0.2) is 9.98 Å². The van der Waals surface area contributed by atoms with Gasteiger partial charge in [0, 0.05) is 22.8 Å². The van der Waals surface area contributed by atoms with Gasteiger partial charge >= 0.3 is 7.12 Å². The van der Waals surface area contributed by atoms with Gasteiger partial charge in [-0.15, -0.1) is 0 Å². The highest BCUT2D eigenvalue weighted by molar-refractivity contribution is 6.58. The first kappa shape index (κ1) is 15.2. The molecule has 112 valence electrons. The second-order valence-corrected chi connectivity index (χ2v) is 5.02. The van der Waals surface area contributed by atoms with Crippen LogP contribution in [0, 0.1) is 0 Å². The molecule has 0 amide bonds. The van der Waals surface area contributed by atoms with Gasteiger partial charge < -0.3 is 10.0 Å². The summed E-state index contributed by atoms with van der Waals surface area (Å²) in [5, 5.41) is 18.3. The highest BCUT2D eigenvalue weighted by atomic mass is 16.4. The summed E-state index contributed by atoms with van der Waals surface area (Å²) in [5.41, 5.74) is 3.14. The average Bonchev–Trinajstić information content (AvgIpc) is 2.61. The first-order chi connectivity index (χ1) is 11.2. The van der Waals surface area contributed by atoms with Crippen molar-refractivity contribution in [2.45, 2.75) is 0 Å². The maximum atomic E-state index is 9.13. The summed E-state index contributed by atoms with van der Waals surface area (Å²) in [6.45, 7) is 0. The van der Waals surface area contributed by atoms with E-state index in [1.807, 2.05) is 60.7 Å². The molecule has 5 heteroatoms. The zero-order chi connectivity index (χ0) is 16.1. The molecule has 0 fully saturated rings. The van der Waals surface area contributed by atoms with Crippen molar-refractivity contribution in [1.82, 2.24) is 4.98 Å². The third-order valence-electron chi connectivity index (χ3n) is 3.39. The Labute approximate surface area is 135 Å². The van der Waals surface area contributed by atoms with Crippen LogP contribution in [0.2, 0.25) is 0 Å². The molecule has 2 N–H and O–H groups in total. The number of benzene rings is 2. The molecule has 0 saturated heterocycles. The van der Waals surface area contributed by atoms with E-state index in [0.29, 0.717) is 11.3 Å². The Morgan fingerprint density at radius 2 is 1.35 bits per heavy atom. The lowest BCUT2D eigenvalue weighted by atomic mass is 9.82. The highest BCUT2D eigenvalue weighted by Crippen LogP contribution is 2.15. The number of hydrogen-bond acceptors (Lipinski definition) is 4. The molecule has 0 bridgehead atoms. The second-order valence-electron chi connectivity index (χ2n) is 5.02. The number of aliphatic imine (C=N–C) groups is 1. The Hall–Kier alpha value is -2.76. The summed E-state index contributed by atoms with van der Waals surface area (Å²) in [7, 11) is -1.52. The number of nitrogens with zero attached hydrogens (tertiary/aromatic N) is 2. The zero-order valence-electron chi connectivity index (χ0n) is 12.4. The van der Waals surface area contributed by atoms with Crippen molar-refractivity contribution in [1.29, 1.82) is 0 Å². The van der Waals surface area contributed by atoms with Crippen molar-refractivity contribution in [3.05, 3.63) is 90.1 Å². The molecule has 1 heterocycles. The quantitative estimate of drug-likeness (QED) is 0.572. The molecular formula is C18H15BN2O2. The lowest BCUT2D eigenvalue weighted by molar-refractivity contribution is 0.425. The maximum absolute atomic E-state index is 9.13. The predicted octanol–water partition coefficient (Wildman–Crippen LogP) is 1.93. The fraction of sp³-hybridized carbons (Fsp3) is 0. The van der Waals surface area contributed by atoms with Gasteiger partial charge in [-0.2, -0.15) is 0 Å². The van der Waals surface area contributed by atoms with Gasteiger partial charge in [0.05, 0.1) is 5.71 Å². The smallest absolute Gasteiger partial charge is 0.423 e. The summed E-state index contributed by atoms with van der Waals surface area (Å²) in [6, 6.07) is 23.0. The third kappa shape index (κ3) is 3.72. The van der Waals surface area contributed by atoms with Crippen LogP contribution in [0.15, 0.2) is 84.0 Å². The van der Waals surface area contributed by atoms with Gasteiger partial charge in [-0.05, 0) is 6.07 Å². The van der Waals surface area contributed by atoms with E-state index in [0.717, 1.165) is 16.8 Å². The molecule has 3 rings (SSSR count). The fourth-order valence-electron chi connectivity index (χ4n) is 2.22. The zero-order valence-corrected chi connectivity index (χ0v) is 12.4. The van der Waals surface area contributed by atoms with E-state index in [9.17, 15) is 0 Å². The van der Waals surface area contributed by atoms with Crippen LogP contribution in [0.5, 0.6) is 0 Å². The monoisotopic (exact) mass is 302 g/mol. The Morgan fingerprint density at radius 1 is 0.783 bits per heavy atom. The largest absolute Gasteiger partial charge is 0.490 e. The highest BCUT2D eigenvalue weighted by Gasteiger charge is 2.11. The Morgan fingerprint density at radius 3 is 1.78 bits per heavy atom. The first-order valence-corrected chi connectivity index (χ1v) is 7.25. The van der Waals surface area contributed by atoms with Crippen molar-refractivity contribution >= 4 is 24.1 Å². The van der Waals surface area contributed by atoms with E-state index in [-0.39, 0.29) is 0 Å². The van der Waals surface area contributed by atoms with Crippen molar-refractivity contribution in [2.75, 3.05) is 0 Å². The van der Waals surface area contributed by atoms with Crippen LogP contribution in [0.3, 0.4) is 0 Å². The van der Waals surface area contributed by atoms with E-state index in [1.54, 1.807) is 12.1 Å². The van der Waals surface area contributed by atoms with Crippen molar-refractivity contribution in [3.63, 3.8) is 0 Å². The molecular weight excluding hydrogens is 287 g/mol. The molecule has 0 aliphatic rings. The molecule has 1 aromatic heterocycles. The van der Waals surface area contributed by atoms with Gasteiger partial charge in [0.1, 0.15) is 0 Å². The van der Waals surface area contributed by atoms with Gasteiger partial charge in [0.15, 0.2) is 5.82 Å². The minimum absolute atomic E-state index is 0.338. The Bertz CT molecular complexity index is 747. The molecule has 0 aliphatic carbocycles. The lowest BCUT2D eigenvalue weighted by Gasteiger charge is -2.07. The number of rotatable bonds is 4. The van der Waals surface area contributed by atoms with E-state index in [4.69, 9.17) is 10.0 Å². The van der Waals surface area contributed by atoms with Crippen molar-refractivity contribution in [2.24, 2.45) is 4.99 Å². The van der Waals surface area contributed by atoms with Crippen LogP contribution < -0.4 is 5.46 Å². The number of aromatic nitrogens is 1. The van der Waals surface area contributed by atoms with Crippen LogP contribution in [-0.2, 0) is 0 Å². The van der Waals surface area contributed by atoms with Crippen molar-refractivity contribution < 1.29 is 10.0 Å². The topological polar surface area (TPSA) is 65.7 Å². The van der Waals surface area contributed by atoms with Crippen LogP contribution in [0.1, 0.15) is 11.1 Å².